The zero-order valence-electron chi connectivity index (χ0n) is 8.55. The van der Waals surface area contributed by atoms with Gasteiger partial charge in [0.15, 0.2) is 0 Å². The van der Waals surface area contributed by atoms with Gasteiger partial charge in [-0.05, 0) is 23.6 Å². The van der Waals surface area contributed by atoms with Crippen molar-refractivity contribution in [2.24, 2.45) is 0 Å². The molecule has 1 aromatic heterocycles. The number of thiophene rings is 1. The van der Waals surface area contributed by atoms with Crippen molar-refractivity contribution in [2.75, 3.05) is 0 Å². The van der Waals surface area contributed by atoms with Crippen LogP contribution in [0.15, 0.2) is 59.5 Å². The number of hydrogen-bond donors (Lipinski definition) is 1. The van der Waals surface area contributed by atoms with Gasteiger partial charge in [0.1, 0.15) is 0 Å². The fourth-order valence-corrected chi connectivity index (χ4v) is 3.26. The number of benzene rings is 2. The van der Waals surface area contributed by atoms with Crippen molar-refractivity contribution in [3.05, 3.63) is 54.6 Å². The highest BCUT2D eigenvalue weighted by molar-refractivity contribution is 7.80. The van der Waals surface area contributed by atoms with Crippen LogP contribution in [0.4, 0.5) is 0 Å². The van der Waals surface area contributed by atoms with Crippen molar-refractivity contribution in [1.82, 2.24) is 0 Å². The van der Waals surface area contributed by atoms with Gasteiger partial charge in [-0.25, -0.2) is 0 Å². The summed E-state index contributed by atoms with van der Waals surface area (Å²) in [5, 5.41) is 1.30. The van der Waals surface area contributed by atoms with Crippen LogP contribution in [0, 0.1) is 0 Å². The van der Waals surface area contributed by atoms with E-state index in [1.807, 2.05) is 23.5 Å². The first-order chi connectivity index (χ1) is 7.84. The van der Waals surface area contributed by atoms with E-state index >= 15 is 0 Å². The molecule has 16 heavy (non-hydrogen) atoms. The van der Waals surface area contributed by atoms with Crippen LogP contribution in [0.25, 0.3) is 20.5 Å². The molecular formula is C14H10S2. The molecular weight excluding hydrogens is 232 g/mol. The molecule has 0 N–H and O–H groups in total. The predicted octanol–water partition coefficient (Wildman–Crippen LogP) is 4.86. The fraction of sp³-hybridized carbons (Fsp3) is 0. The molecule has 2 heteroatoms. The van der Waals surface area contributed by atoms with Crippen LogP contribution in [-0.2, 0) is 0 Å². The Hall–Kier alpha value is -1.25. The summed E-state index contributed by atoms with van der Waals surface area (Å²) < 4.78 is 1.33. The molecule has 0 bridgehead atoms. The van der Waals surface area contributed by atoms with Crippen molar-refractivity contribution in [2.45, 2.75) is 4.90 Å². The van der Waals surface area contributed by atoms with Crippen molar-refractivity contribution in [1.29, 1.82) is 0 Å². The first kappa shape index (κ1) is 9.94. The van der Waals surface area contributed by atoms with E-state index < -0.39 is 0 Å². The first-order valence-electron chi connectivity index (χ1n) is 5.11. The largest absolute Gasteiger partial charge is 0.143 e. The molecule has 2 aromatic carbocycles. The molecule has 0 nitrogen and oxygen atoms in total. The zero-order chi connectivity index (χ0) is 11.0. The molecule has 0 fully saturated rings. The summed E-state index contributed by atoms with van der Waals surface area (Å²) in [6.45, 7) is 0. The Morgan fingerprint density at radius 3 is 2.44 bits per heavy atom. The lowest BCUT2D eigenvalue weighted by Gasteiger charge is -1.99. The van der Waals surface area contributed by atoms with E-state index in [0.717, 1.165) is 4.90 Å². The molecule has 0 saturated heterocycles. The van der Waals surface area contributed by atoms with Gasteiger partial charge in [0.2, 0.25) is 0 Å². The second-order valence-corrected chi connectivity index (χ2v) is 5.23. The van der Waals surface area contributed by atoms with Gasteiger partial charge in [-0.3, -0.25) is 0 Å². The maximum Gasteiger partial charge on any atom is 0.0366 e. The minimum Gasteiger partial charge on any atom is -0.143 e. The van der Waals surface area contributed by atoms with Gasteiger partial charge in [-0.1, -0.05) is 36.4 Å². The molecule has 0 saturated carbocycles. The average molecular weight is 242 g/mol. The topological polar surface area (TPSA) is 0 Å². The summed E-state index contributed by atoms with van der Waals surface area (Å²) in [4.78, 5) is 2.32. The third-order valence-electron chi connectivity index (χ3n) is 2.60. The predicted molar refractivity (Wildman–Crippen MR) is 74.5 cm³/mol. The van der Waals surface area contributed by atoms with E-state index in [2.05, 4.69) is 55.1 Å². The number of fused-ring (bicyclic) bond motifs is 1. The van der Waals surface area contributed by atoms with Crippen molar-refractivity contribution in [3.8, 4) is 10.4 Å². The van der Waals surface area contributed by atoms with E-state index in [4.69, 9.17) is 0 Å². The van der Waals surface area contributed by atoms with Gasteiger partial charge in [-0.2, -0.15) is 0 Å². The van der Waals surface area contributed by atoms with Gasteiger partial charge < -0.3 is 0 Å². The lowest BCUT2D eigenvalue weighted by atomic mass is 10.1. The molecule has 0 atom stereocenters. The lowest BCUT2D eigenvalue weighted by Crippen LogP contribution is -1.73. The summed E-state index contributed by atoms with van der Waals surface area (Å²) >= 11 is 6.31. The van der Waals surface area contributed by atoms with Crippen LogP contribution < -0.4 is 0 Å². The average Bonchev–Trinajstić information content (AvgIpc) is 2.73. The summed E-state index contributed by atoms with van der Waals surface area (Å²) in [5.41, 5.74) is 1.21. The Morgan fingerprint density at radius 1 is 0.875 bits per heavy atom. The van der Waals surface area contributed by atoms with Crippen molar-refractivity contribution >= 4 is 34.1 Å². The number of hydrogen-bond acceptors (Lipinski definition) is 2. The van der Waals surface area contributed by atoms with Crippen molar-refractivity contribution < 1.29 is 0 Å². The summed E-state index contributed by atoms with van der Waals surface area (Å²) in [6, 6.07) is 18.9. The normalized spacial score (nSPS) is 10.8. The quantitative estimate of drug-likeness (QED) is 0.579. The highest BCUT2D eigenvalue weighted by Gasteiger charge is 2.05. The highest BCUT2D eigenvalue weighted by atomic mass is 32.1. The molecule has 3 rings (SSSR count). The maximum atomic E-state index is 4.50. The summed E-state index contributed by atoms with van der Waals surface area (Å²) in [5.74, 6) is 0. The second kappa shape index (κ2) is 3.96. The van der Waals surface area contributed by atoms with Crippen LogP contribution in [0.3, 0.4) is 0 Å². The Kier molecular flexibility index (Phi) is 2.46. The Labute approximate surface area is 104 Å². The third kappa shape index (κ3) is 1.64. The Bertz CT molecular complexity index is 605. The molecule has 0 aliphatic heterocycles. The van der Waals surface area contributed by atoms with Crippen LogP contribution >= 0.6 is 24.0 Å². The Balaban J connectivity index is 2.23. The SMILES string of the molecule is Sc1ccccc1-c1cc2ccccc2s1. The van der Waals surface area contributed by atoms with Crippen molar-refractivity contribution in [3.63, 3.8) is 0 Å². The third-order valence-corrected chi connectivity index (χ3v) is 4.13. The number of rotatable bonds is 1. The fourth-order valence-electron chi connectivity index (χ4n) is 1.80. The minimum atomic E-state index is 1.04. The molecule has 0 aliphatic carbocycles. The first-order valence-corrected chi connectivity index (χ1v) is 6.38. The highest BCUT2D eigenvalue weighted by Crippen LogP contribution is 2.35. The zero-order valence-corrected chi connectivity index (χ0v) is 10.3. The van der Waals surface area contributed by atoms with Gasteiger partial charge >= 0.3 is 0 Å². The van der Waals surface area contributed by atoms with E-state index in [-0.39, 0.29) is 0 Å². The monoisotopic (exact) mass is 242 g/mol. The minimum absolute atomic E-state index is 1.04. The van der Waals surface area contributed by atoms with Crippen LogP contribution in [0.1, 0.15) is 0 Å². The molecule has 0 radical (unpaired) electrons. The molecule has 0 aliphatic rings. The van der Waals surface area contributed by atoms with Crippen LogP contribution in [-0.4, -0.2) is 0 Å². The standard InChI is InChI=1S/C14H10S2/c15-12-7-3-2-6-11(12)14-9-10-5-1-4-8-13(10)16-14/h1-9,15H. The van der Waals surface area contributed by atoms with E-state index in [9.17, 15) is 0 Å². The molecule has 0 spiro atoms. The second-order valence-electron chi connectivity index (χ2n) is 3.67. The molecule has 0 amide bonds. The van der Waals surface area contributed by atoms with Gasteiger partial charge in [0.05, 0.1) is 0 Å². The van der Waals surface area contributed by atoms with Crippen LogP contribution in [0.2, 0.25) is 0 Å². The smallest absolute Gasteiger partial charge is 0.0366 e. The van der Waals surface area contributed by atoms with Gasteiger partial charge in [0.25, 0.3) is 0 Å². The summed E-state index contributed by atoms with van der Waals surface area (Å²) in [6.07, 6.45) is 0. The number of thiol groups is 1. The van der Waals surface area contributed by atoms with Crippen LogP contribution in [0.5, 0.6) is 0 Å². The summed E-state index contributed by atoms with van der Waals surface area (Å²) in [7, 11) is 0. The maximum absolute atomic E-state index is 4.50. The molecule has 3 aromatic rings. The van der Waals surface area contributed by atoms with E-state index in [1.165, 1.54) is 20.5 Å². The Morgan fingerprint density at radius 2 is 1.62 bits per heavy atom. The molecule has 1 heterocycles. The van der Waals surface area contributed by atoms with Gasteiger partial charge in [-0.15, -0.1) is 24.0 Å². The lowest BCUT2D eigenvalue weighted by molar-refractivity contribution is 1.48. The molecule has 0 unspecified atom stereocenters. The van der Waals surface area contributed by atoms with E-state index in [1.54, 1.807) is 0 Å². The van der Waals surface area contributed by atoms with E-state index in [0.29, 0.717) is 0 Å². The van der Waals surface area contributed by atoms with Gasteiger partial charge in [0, 0.05) is 20.0 Å². The molecule has 78 valence electrons.